The van der Waals surface area contributed by atoms with Crippen LogP contribution in [-0.4, -0.2) is 47.9 Å². The van der Waals surface area contributed by atoms with Gasteiger partial charge in [0.25, 0.3) is 5.91 Å². The summed E-state index contributed by atoms with van der Waals surface area (Å²) in [6.07, 6.45) is 0.674. The number of carboxylic acid groups (broad SMARTS) is 2. The molecule has 0 spiro atoms. The van der Waals surface area contributed by atoms with Gasteiger partial charge in [-0.25, -0.2) is 0 Å². The van der Waals surface area contributed by atoms with Crippen LogP contribution in [0.1, 0.15) is 52.7 Å². The van der Waals surface area contributed by atoms with Gasteiger partial charge in [0.1, 0.15) is 17.2 Å². The van der Waals surface area contributed by atoms with Crippen LogP contribution in [-0.2, 0) is 22.6 Å². The van der Waals surface area contributed by atoms with Crippen molar-refractivity contribution >= 4 is 23.4 Å². The van der Waals surface area contributed by atoms with Crippen molar-refractivity contribution in [3.63, 3.8) is 0 Å². The normalized spacial score (nSPS) is 10.8. The number of rotatable bonds is 19. The SMILES string of the molecule is C=C(CCOc1cc(C(=O)NCc2ccccc2OC(F)F)cc(-c2ccccc2)c1)c1cccc(OCCCC(=O)O)c1CCC(=O)O. The number of nitrogens with one attached hydrogen (secondary N) is 1. The van der Waals surface area contributed by atoms with E-state index in [-0.39, 0.29) is 44.8 Å². The van der Waals surface area contributed by atoms with Crippen molar-refractivity contribution < 1.29 is 47.6 Å². The van der Waals surface area contributed by atoms with E-state index in [1.54, 1.807) is 42.5 Å². The topological polar surface area (TPSA) is 131 Å². The highest BCUT2D eigenvalue weighted by atomic mass is 19.3. The van der Waals surface area contributed by atoms with Gasteiger partial charge in [-0.1, -0.05) is 67.2 Å². The Balaban J connectivity index is 1.49. The number of para-hydroxylation sites is 1. The molecule has 0 aliphatic heterocycles. The molecule has 0 saturated heterocycles. The predicted molar refractivity (Wildman–Crippen MR) is 180 cm³/mol. The first-order valence-electron chi connectivity index (χ1n) is 15.6. The van der Waals surface area contributed by atoms with Crippen LogP contribution in [0.2, 0.25) is 0 Å². The summed E-state index contributed by atoms with van der Waals surface area (Å²) in [6.45, 7) is 1.51. The number of ether oxygens (including phenoxy) is 3. The fourth-order valence-corrected chi connectivity index (χ4v) is 5.10. The molecule has 0 unspecified atom stereocenters. The first-order chi connectivity index (χ1) is 23.6. The lowest BCUT2D eigenvalue weighted by Gasteiger charge is -2.17. The third-order valence-electron chi connectivity index (χ3n) is 7.47. The Morgan fingerprint density at radius 1 is 0.755 bits per heavy atom. The number of halogens is 2. The van der Waals surface area contributed by atoms with Gasteiger partial charge in [-0.2, -0.15) is 8.78 Å². The van der Waals surface area contributed by atoms with Crippen LogP contribution in [0.5, 0.6) is 17.2 Å². The van der Waals surface area contributed by atoms with Gasteiger partial charge < -0.3 is 29.7 Å². The Morgan fingerprint density at radius 3 is 2.20 bits per heavy atom. The molecule has 256 valence electrons. The summed E-state index contributed by atoms with van der Waals surface area (Å²) in [5.74, 6) is -1.47. The summed E-state index contributed by atoms with van der Waals surface area (Å²) in [7, 11) is 0. The Labute approximate surface area is 282 Å². The van der Waals surface area contributed by atoms with E-state index in [1.165, 1.54) is 6.07 Å². The van der Waals surface area contributed by atoms with Crippen LogP contribution in [0.15, 0.2) is 97.6 Å². The van der Waals surface area contributed by atoms with Crippen molar-refractivity contribution in [2.75, 3.05) is 13.2 Å². The largest absolute Gasteiger partial charge is 0.493 e. The van der Waals surface area contributed by atoms with E-state index in [4.69, 9.17) is 14.6 Å². The zero-order valence-corrected chi connectivity index (χ0v) is 26.7. The predicted octanol–water partition coefficient (Wildman–Crippen LogP) is 7.63. The van der Waals surface area contributed by atoms with Gasteiger partial charge >= 0.3 is 18.6 Å². The lowest BCUT2D eigenvalue weighted by molar-refractivity contribution is -0.138. The molecular formula is C38H37F2NO8. The third kappa shape index (κ3) is 11.2. The molecule has 9 nitrogen and oxygen atoms in total. The lowest BCUT2D eigenvalue weighted by atomic mass is 9.95. The van der Waals surface area contributed by atoms with Crippen LogP contribution in [0.4, 0.5) is 8.78 Å². The number of hydrogen-bond acceptors (Lipinski definition) is 6. The molecule has 0 saturated carbocycles. The van der Waals surface area contributed by atoms with Gasteiger partial charge in [0, 0.05) is 42.5 Å². The number of carbonyl (C=O) groups is 3. The number of benzene rings is 4. The maximum absolute atomic E-state index is 13.3. The first kappa shape index (κ1) is 36.1. The summed E-state index contributed by atoms with van der Waals surface area (Å²) in [5.41, 5.74) is 4.33. The smallest absolute Gasteiger partial charge is 0.387 e. The van der Waals surface area contributed by atoms with Gasteiger partial charge in [-0.3, -0.25) is 14.4 Å². The van der Waals surface area contributed by atoms with Crippen LogP contribution in [0.3, 0.4) is 0 Å². The van der Waals surface area contributed by atoms with E-state index >= 15 is 0 Å². The zero-order valence-electron chi connectivity index (χ0n) is 26.7. The Hall–Kier alpha value is -5.71. The van der Waals surface area contributed by atoms with E-state index < -0.39 is 24.5 Å². The number of carbonyl (C=O) groups excluding carboxylic acids is 1. The minimum atomic E-state index is -3.00. The minimum Gasteiger partial charge on any atom is -0.493 e. The van der Waals surface area contributed by atoms with Gasteiger partial charge in [0.15, 0.2) is 0 Å². The maximum Gasteiger partial charge on any atom is 0.387 e. The van der Waals surface area contributed by atoms with E-state index in [0.29, 0.717) is 46.6 Å². The molecule has 0 radical (unpaired) electrons. The van der Waals surface area contributed by atoms with Crippen molar-refractivity contribution in [2.45, 2.75) is 45.3 Å². The number of aliphatic carboxylic acids is 2. The summed E-state index contributed by atoms with van der Waals surface area (Å²) < 4.78 is 42.3. The number of alkyl halides is 2. The van der Waals surface area contributed by atoms with Gasteiger partial charge in [-0.05, 0) is 65.4 Å². The second-order valence-corrected chi connectivity index (χ2v) is 11.0. The van der Waals surface area contributed by atoms with Crippen molar-refractivity contribution in [1.82, 2.24) is 5.32 Å². The highest BCUT2D eigenvalue weighted by molar-refractivity contribution is 5.96. The molecule has 0 atom stereocenters. The van der Waals surface area contributed by atoms with E-state index in [0.717, 1.165) is 16.7 Å². The van der Waals surface area contributed by atoms with Crippen LogP contribution < -0.4 is 19.5 Å². The minimum absolute atomic E-state index is 0.0264. The molecule has 0 aliphatic rings. The average Bonchev–Trinajstić information content (AvgIpc) is 3.08. The van der Waals surface area contributed by atoms with Crippen molar-refractivity contribution in [3.8, 4) is 28.4 Å². The molecular weight excluding hydrogens is 636 g/mol. The Morgan fingerprint density at radius 2 is 1.47 bits per heavy atom. The monoisotopic (exact) mass is 673 g/mol. The molecule has 0 fully saturated rings. The third-order valence-corrected chi connectivity index (χ3v) is 7.47. The zero-order chi connectivity index (χ0) is 35.2. The standard InChI is InChI=1S/C38H37F2NO8/c1-25(31-12-7-14-34(32(31)16-17-36(44)45)48-19-8-15-35(42)43)18-20-47-30-22-28(26-9-3-2-4-10-26)21-29(23-30)37(46)41-24-27-11-5-6-13-33(27)49-38(39)40/h2-7,9-14,21-23,38H,1,8,15-20,24H2,(H,41,46)(H,42,43)(H,44,45). The van der Waals surface area contributed by atoms with E-state index in [9.17, 15) is 28.3 Å². The molecule has 0 aromatic heterocycles. The second-order valence-electron chi connectivity index (χ2n) is 11.0. The molecule has 4 aromatic carbocycles. The first-order valence-corrected chi connectivity index (χ1v) is 15.6. The van der Waals surface area contributed by atoms with E-state index in [2.05, 4.69) is 16.6 Å². The van der Waals surface area contributed by atoms with Crippen molar-refractivity contribution in [1.29, 1.82) is 0 Å². The number of carboxylic acids is 2. The lowest BCUT2D eigenvalue weighted by Crippen LogP contribution is -2.23. The molecule has 0 aliphatic carbocycles. The average molecular weight is 674 g/mol. The van der Waals surface area contributed by atoms with Crippen LogP contribution in [0, 0.1) is 0 Å². The van der Waals surface area contributed by atoms with E-state index in [1.807, 2.05) is 42.5 Å². The molecule has 11 heteroatoms. The number of hydrogen-bond donors (Lipinski definition) is 3. The number of amides is 1. The maximum atomic E-state index is 13.3. The van der Waals surface area contributed by atoms with Crippen molar-refractivity contribution in [3.05, 3.63) is 120 Å². The summed E-state index contributed by atoms with van der Waals surface area (Å²) in [4.78, 5) is 35.6. The van der Waals surface area contributed by atoms with Crippen LogP contribution >= 0.6 is 0 Å². The molecule has 3 N–H and O–H groups in total. The Kier molecular flexibility index (Phi) is 13.3. The molecule has 4 rings (SSSR count). The Bertz CT molecular complexity index is 1760. The summed E-state index contributed by atoms with van der Waals surface area (Å²) in [5, 5.41) is 21.0. The molecule has 0 heterocycles. The molecule has 4 aromatic rings. The van der Waals surface area contributed by atoms with Gasteiger partial charge in [0.2, 0.25) is 0 Å². The summed E-state index contributed by atoms with van der Waals surface area (Å²) in [6, 6.07) is 26.1. The molecule has 0 bridgehead atoms. The quantitative estimate of drug-likeness (QED) is 0.0867. The van der Waals surface area contributed by atoms with Crippen molar-refractivity contribution in [2.24, 2.45) is 0 Å². The van der Waals surface area contributed by atoms with Crippen LogP contribution in [0.25, 0.3) is 16.7 Å². The molecule has 49 heavy (non-hydrogen) atoms. The molecule has 1 amide bonds. The highest BCUT2D eigenvalue weighted by Gasteiger charge is 2.16. The van der Waals surface area contributed by atoms with Gasteiger partial charge in [0.05, 0.1) is 13.2 Å². The highest BCUT2D eigenvalue weighted by Crippen LogP contribution is 2.31. The van der Waals surface area contributed by atoms with Gasteiger partial charge in [-0.15, -0.1) is 0 Å². The second kappa shape index (κ2) is 18.0. The summed E-state index contributed by atoms with van der Waals surface area (Å²) >= 11 is 0. The fraction of sp³-hybridized carbons (Fsp3) is 0.237. The fourth-order valence-electron chi connectivity index (χ4n) is 5.10.